The van der Waals surface area contributed by atoms with Crippen molar-refractivity contribution >= 4 is 23.4 Å². The van der Waals surface area contributed by atoms with Crippen LogP contribution in [0.15, 0.2) is 23.1 Å². The molecule has 1 fully saturated rings. The van der Waals surface area contributed by atoms with Crippen molar-refractivity contribution in [3.05, 3.63) is 28.8 Å². The maximum Gasteiger partial charge on any atom is 0.0556 e. The molecular formula is C13H18ClNOS. The zero-order valence-electron chi connectivity index (χ0n) is 10.0. The average Bonchev–Trinajstić information content (AvgIpc) is 3.12. The van der Waals surface area contributed by atoms with E-state index >= 15 is 0 Å². The molecule has 2 rings (SSSR count). The van der Waals surface area contributed by atoms with Crippen molar-refractivity contribution in [1.29, 1.82) is 0 Å². The van der Waals surface area contributed by atoms with E-state index in [1.54, 1.807) is 7.11 Å². The molecule has 1 aromatic rings. The van der Waals surface area contributed by atoms with E-state index in [4.69, 9.17) is 16.3 Å². The summed E-state index contributed by atoms with van der Waals surface area (Å²) in [5.41, 5.74) is 1.34. The van der Waals surface area contributed by atoms with Crippen LogP contribution in [-0.2, 0) is 11.3 Å². The molecule has 0 unspecified atom stereocenters. The van der Waals surface area contributed by atoms with Gasteiger partial charge in [0, 0.05) is 35.4 Å². The Balaban J connectivity index is 1.95. The second-order valence-corrected chi connectivity index (χ2v) is 5.82. The molecule has 0 amide bonds. The van der Waals surface area contributed by atoms with Gasteiger partial charge in [0.05, 0.1) is 6.61 Å². The van der Waals surface area contributed by atoms with Crippen LogP contribution in [0.25, 0.3) is 0 Å². The molecule has 1 N–H and O–H groups in total. The van der Waals surface area contributed by atoms with E-state index < -0.39 is 0 Å². The van der Waals surface area contributed by atoms with Gasteiger partial charge in [-0.1, -0.05) is 17.7 Å². The Labute approximate surface area is 112 Å². The quantitative estimate of drug-likeness (QED) is 0.607. The Bertz CT molecular complexity index is 368. The highest BCUT2D eigenvalue weighted by Crippen LogP contribution is 2.27. The second-order valence-electron chi connectivity index (χ2n) is 4.25. The number of rotatable bonds is 7. The van der Waals surface area contributed by atoms with Gasteiger partial charge in [0.25, 0.3) is 0 Å². The van der Waals surface area contributed by atoms with E-state index in [9.17, 15) is 0 Å². The van der Waals surface area contributed by atoms with Gasteiger partial charge in [0.1, 0.15) is 0 Å². The third kappa shape index (κ3) is 4.51. The van der Waals surface area contributed by atoms with E-state index in [1.807, 2.05) is 23.9 Å². The number of halogens is 1. The summed E-state index contributed by atoms with van der Waals surface area (Å²) in [7, 11) is 1.73. The van der Waals surface area contributed by atoms with Gasteiger partial charge in [0.2, 0.25) is 0 Å². The fourth-order valence-electron chi connectivity index (χ4n) is 1.59. The molecule has 0 bridgehead atoms. The summed E-state index contributed by atoms with van der Waals surface area (Å²) in [6.07, 6.45) is 2.64. The van der Waals surface area contributed by atoms with Crippen LogP contribution in [0.5, 0.6) is 0 Å². The fourth-order valence-corrected chi connectivity index (χ4v) is 2.83. The Hall–Kier alpha value is -0.220. The summed E-state index contributed by atoms with van der Waals surface area (Å²) in [4.78, 5) is 1.27. The summed E-state index contributed by atoms with van der Waals surface area (Å²) >= 11 is 7.85. The molecule has 0 radical (unpaired) electrons. The van der Waals surface area contributed by atoms with Gasteiger partial charge >= 0.3 is 0 Å². The van der Waals surface area contributed by atoms with Gasteiger partial charge in [-0.15, -0.1) is 11.8 Å². The van der Waals surface area contributed by atoms with Gasteiger partial charge < -0.3 is 10.1 Å². The molecule has 94 valence electrons. The van der Waals surface area contributed by atoms with Crippen LogP contribution < -0.4 is 5.32 Å². The van der Waals surface area contributed by atoms with E-state index in [0.29, 0.717) is 0 Å². The topological polar surface area (TPSA) is 21.3 Å². The average molecular weight is 272 g/mol. The minimum Gasteiger partial charge on any atom is -0.384 e. The Morgan fingerprint density at radius 3 is 3.00 bits per heavy atom. The van der Waals surface area contributed by atoms with E-state index in [0.717, 1.165) is 30.0 Å². The lowest BCUT2D eigenvalue weighted by molar-refractivity contribution is 0.218. The van der Waals surface area contributed by atoms with E-state index in [-0.39, 0.29) is 0 Å². The van der Waals surface area contributed by atoms with Crippen LogP contribution in [0.4, 0.5) is 0 Å². The Kier molecular flexibility index (Phi) is 5.16. The monoisotopic (exact) mass is 271 g/mol. The van der Waals surface area contributed by atoms with Crippen molar-refractivity contribution in [3.8, 4) is 0 Å². The molecule has 1 aliphatic carbocycles. The van der Waals surface area contributed by atoms with Gasteiger partial charge in [0.15, 0.2) is 0 Å². The number of nitrogens with one attached hydrogen (secondary N) is 1. The minimum atomic E-state index is 0.738. The Morgan fingerprint density at radius 1 is 1.47 bits per heavy atom. The van der Waals surface area contributed by atoms with Gasteiger partial charge in [-0.2, -0.15) is 0 Å². The highest BCUT2D eigenvalue weighted by Gasteiger charge is 2.20. The first-order valence-electron chi connectivity index (χ1n) is 5.93. The first kappa shape index (κ1) is 13.2. The molecular weight excluding hydrogens is 254 g/mol. The summed E-state index contributed by atoms with van der Waals surface area (Å²) < 4.78 is 5.07. The summed E-state index contributed by atoms with van der Waals surface area (Å²) in [6, 6.07) is 6.87. The molecule has 0 saturated heterocycles. The highest BCUT2D eigenvalue weighted by atomic mass is 35.5. The molecule has 0 spiro atoms. The van der Waals surface area contributed by atoms with Crippen LogP contribution in [0, 0.1) is 0 Å². The molecule has 4 heteroatoms. The van der Waals surface area contributed by atoms with Crippen LogP contribution >= 0.6 is 23.4 Å². The van der Waals surface area contributed by atoms with Crippen LogP contribution in [0.2, 0.25) is 5.02 Å². The van der Waals surface area contributed by atoms with Crippen molar-refractivity contribution in [1.82, 2.24) is 5.32 Å². The molecule has 2 nitrogen and oxygen atoms in total. The van der Waals surface area contributed by atoms with E-state index in [2.05, 4.69) is 11.4 Å². The van der Waals surface area contributed by atoms with Crippen molar-refractivity contribution in [2.45, 2.75) is 30.3 Å². The molecule has 0 aliphatic heterocycles. The van der Waals surface area contributed by atoms with Crippen molar-refractivity contribution in [3.63, 3.8) is 0 Å². The standard InChI is InChI=1S/C13H18ClNOS/c1-16-6-7-17-13-8-11(14)3-2-10(13)9-15-12-4-5-12/h2-3,8,12,15H,4-7,9H2,1H3. The first-order valence-corrected chi connectivity index (χ1v) is 7.29. The lowest BCUT2D eigenvalue weighted by Gasteiger charge is -2.10. The van der Waals surface area contributed by atoms with Gasteiger partial charge in [-0.25, -0.2) is 0 Å². The second kappa shape index (κ2) is 6.64. The van der Waals surface area contributed by atoms with Gasteiger partial charge in [-0.05, 0) is 30.5 Å². The van der Waals surface area contributed by atoms with E-state index in [1.165, 1.54) is 23.3 Å². The number of hydrogen-bond donors (Lipinski definition) is 1. The molecule has 1 saturated carbocycles. The maximum atomic E-state index is 6.04. The SMILES string of the molecule is COCCSc1cc(Cl)ccc1CNC1CC1. The lowest BCUT2D eigenvalue weighted by Crippen LogP contribution is -2.15. The predicted molar refractivity (Wildman–Crippen MR) is 73.9 cm³/mol. The van der Waals surface area contributed by atoms with Crippen molar-refractivity contribution < 1.29 is 4.74 Å². The van der Waals surface area contributed by atoms with Crippen molar-refractivity contribution in [2.24, 2.45) is 0 Å². The third-order valence-electron chi connectivity index (χ3n) is 2.73. The maximum absolute atomic E-state index is 6.04. The smallest absolute Gasteiger partial charge is 0.0556 e. The zero-order chi connectivity index (χ0) is 12.1. The van der Waals surface area contributed by atoms with Gasteiger partial charge in [-0.3, -0.25) is 0 Å². The number of methoxy groups -OCH3 is 1. The summed E-state index contributed by atoms with van der Waals surface area (Å²) in [6.45, 7) is 1.71. The minimum absolute atomic E-state index is 0.738. The predicted octanol–water partition coefficient (Wildman–Crippen LogP) is 3.33. The molecule has 17 heavy (non-hydrogen) atoms. The highest BCUT2D eigenvalue weighted by molar-refractivity contribution is 7.99. The van der Waals surface area contributed by atoms with Crippen LogP contribution in [0.1, 0.15) is 18.4 Å². The molecule has 1 aromatic carbocycles. The summed E-state index contributed by atoms with van der Waals surface area (Å²) in [5, 5.41) is 4.34. The lowest BCUT2D eigenvalue weighted by atomic mass is 10.2. The third-order valence-corrected chi connectivity index (χ3v) is 4.03. The van der Waals surface area contributed by atoms with Crippen LogP contribution in [-0.4, -0.2) is 25.5 Å². The first-order chi connectivity index (χ1) is 8.29. The number of thioether (sulfide) groups is 1. The number of benzene rings is 1. The fraction of sp³-hybridized carbons (Fsp3) is 0.538. The van der Waals surface area contributed by atoms with Crippen LogP contribution in [0.3, 0.4) is 0 Å². The summed E-state index contributed by atoms with van der Waals surface area (Å²) in [5.74, 6) is 0.966. The normalized spacial score (nSPS) is 15.2. The number of hydrogen-bond acceptors (Lipinski definition) is 3. The Morgan fingerprint density at radius 2 is 2.29 bits per heavy atom. The zero-order valence-corrected chi connectivity index (χ0v) is 11.6. The molecule has 1 aliphatic rings. The van der Waals surface area contributed by atoms with Crippen molar-refractivity contribution in [2.75, 3.05) is 19.5 Å². The molecule has 0 aromatic heterocycles. The largest absolute Gasteiger partial charge is 0.384 e. The molecule has 0 heterocycles. The number of ether oxygens (including phenoxy) is 1. The molecule has 0 atom stereocenters.